The number of nitrogens with one attached hydrogen (secondary N) is 2. The average molecular weight is 480 g/mol. The summed E-state index contributed by atoms with van der Waals surface area (Å²) in [6, 6.07) is 40.0. The molecule has 0 saturated heterocycles. The Morgan fingerprint density at radius 2 is 1.40 bits per heavy atom. The Morgan fingerprint density at radius 3 is 2.00 bits per heavy atom. The zero-order valence-electron chi connectivity index (χ0n) is 19.6. The minimum atomic E-state index is -3.76. The van der Waals surface area contributed by atoms with E-state index in [1.54, 1.807) is 12.1 Å². The molecule has 0 heterocycles. The Kier molecular flexibility index (Phi) is 8.19. The van der Waals surface area contributed by atoms with Crippen molar-refractivity contribution in [2.75, 3.05) is 6.54 Å². The summed E-state index contributed by atoms with van der Waals surface area (Å²) in [5.41, 5.74) is 3.80. The van der Waals surface area contributed by atoms with E-state index in [0.717, 1.165) is 35.1 Å². The van der Waals surface area contributed by atoms with Crippen LogP contribution in [0.15, 0.2) is 89.8 Å². The van der Waals surface area contributed by atoms with Crippen LogP contribution in [0.25, 0.3) is 0 Å². The SMILES string of the molecule is Cc1ccc(S(=O)(=O)NC(c2ccccc2)C(NCCCc2[c]c#cc#c2)c2ccccc2)cc1. The highest BCUT2D eigenvalue weighted by atomic mass is 32.2. The normalized spacial score (nSPS) is 12.8. The van der Waals surface area contributed by atoms with Gasteiger partial charge in [-0.25, -0.2) is 13.1 Å². The lowest BCUT2D eigenvalue weighted by atomic mass is 9.94. The summed E-state index contributed by atoms with van der Waals surface area (Å²) in [6.07, 6.45) is 1.59. The van der Waals surface area contributed by atoms with Gasteiger partial charge in [-0.2, -0.15) is 0 Å². The molecule has 4 rings (SSSR count). The van der Waals surface area contributed by atoms with Crippen LogP contribution in [0.2, 0.25) is 0 Å². The summed E-state index contributed by atoms with van der Waals surface area (Å²) in [7, 11) is -3.76. The minimum absolute atomic E-state index is 0.246. The highest BCUT2D eigenvalue weighted by molar-refractivity contribution is 7.89. The Labute approximate surface area is 209 Å². The standard InChI is InChI=1S/C30H27N2O2S/c1-24-19-21-28(22-20-24)35(33,34)32-30(27-17-9-4-10-18-27)29(26-15-7-3-8-16-26)31-23-11-14-25-12-5-2-6-13-25/h3-4,7-10,15-22,29-32H,11,14,23H2,1H3. The van der Waals surface area contributed by atoms with Crippen molar-refractivity contribution < 1.29 is 8.42 Å². The van der Waals surface area contributed by atoms with E-state index in [0.29, 0.717) is 6.54 Å². The smallest absolute Gasteiger partial charge is 0.241 e. The van der Waals surface area contributed by atoms with Gasteiger partial charge in [0.05, 0.1) is 23.0 Å². The Bertz CT molecular complexity index is 1280. The molecule has 0 fully saturated rings. The van der Waals surface area contributed by atoms with Crippen molar-refractivity contribution in [2.24, 2.45) is 0 Å². The van der Waals surface area contributed by atoms with Crippen LogP contribution in [0.3, 0.4) is 0 Å². The quantitative estimate of drug-likeness (QED) is 0.298. The Morgan fingerprint density at radius 1 is 0.771 bits per heavy atom. The molecule has 2 unspecified atom stereocenters. The number of rotatable bonds is 11. The summed E-state index contributed by atoms with van der Waals surface area (Å²) in [6.45, 7) is 2.61. The van der Waals surface area contributed by atoms with Gasteiger partial charge in [0.25, 0.3) is 0 Å². The third-order valence-electron chi connectivity index (χ3n) is 5.78. The molecular weight excluding hydrogens is 452 g/mol. The van der Waals surface area contributed by atoms with Gasteiger partial charge in [-0.05, 0) is 61.7 Å². The Hall–Kier alpha value is -3.61. The number of hydrogen-bond acceptors (Lipinski definition) is 3. The molecule has 35 heavy (non-hydrogen) atoms. The van der Waals surface area contributed by atoms with Crippen molar-refractivity contribution >= 4 is 10.0 Å². The summed E-state index contributed by atoms with van der Waals surface area (Å²) < 4.78 is 29.8. The first-order valence-corrected chi connectivity index (χ1v) is 13.1. The maximum absolute atomic E-state index is 13.4. The van der Waals surface area contributed by atoms with Crippen LogP contribution in [0, 0.1) is 37.3 Å². The predicted molar refractivity (Wildman–Crippen MR) is 137 cm³/mol. The molecule has 1 radical (unpaired) electrons. The van der Waals surface area contributed by atoms with Crippen LogP contribution in [0.1, 0.15) is 40.8 Å². The molecule has 5 heteroatoms. The van der Waals surface area contributed by atoms with Crippen LogP contribution < -0.4 is 10.0 Å². The molecule has 0 aliphatic rings. The van der Waals surface area contributed by atoms with Crippen molar-refractivity contribution in [1.29, 1.82) is 0 Å². The molecule has 0 saturated carbocycles. The third kappa shape index (κ3) is 6.72. The molecule has 0 spiro atoms. The first-order valence-electron chi connectivity index (χ1n) is 11.6. The van der Waals surface area contributed by atoms with Crippen molar-refractivity contribution in [3.05, 3.63) is 138 Å². The van der Waals surface area contributed by atoms with Gasteiger partial charge in [-0.3, -0.25) is 0 Å². The van der Waals surface area contributed by atoms with Gasteiger partial charge in [0, 0.05) is 5.56 Å². The molecule has 0 aliphatic carbocycles. The zero-order valence-corrected chi connectivity index (χ0v) is 20.4. The second kappa shape index (κ2) is 11.7. The maximum Gasteiger partial charge on any atom is 0.241 e. The number of hydrogen-bond donors (Lipinski definition) is 2. The summed E-state index contributed by atoms with van der Waals surface area (Å²) in [4.78, 5) is 0.246. The molecule has 0 amide bonds. The third-order valence-corrected chi connectivity index (χ3v) is 7.24. The van der Waals surface area contributed by atoms with Crippen LogP contribution in [0.4, 0.5) is 0 Å². The molecule has 4 aromatic carbocycles. The topological polar surface area (TPSA) is 58.2 Å². The first-order chi connectivity index (χ1) is 17.0. The molecule has 4 nitrogen and oxygen atoms in total. The van der Waals surface area contributed by atoms with E-state index in [1.165, 1.54) is 0 Å². The predicted octanol–water partition coefficient (Wildman–Crippen LogP) is 4.98. The fourth-order valence-corrected chi connectivity index (χ4v) is 5.19. The second-order valence-corrected chi connectivity index (χ2v) is 10.1. The second-order valence-electron chi connectivity index (χ2n) is 8.37. The van der Waals surface area contributed by atoms with Gasteiger partial charge in [0.2, 0.25) is 10.0 Å². The highest BCUT2D eigenvalue weighted by Crippen LogP contribution is 2.31. The van der Waals surface area contributed by atoms with E-state index in [1.807, 2.05) is 79.7 Å². The van der Waals surface area contributed by atoms with E-state index >= 15 is 0 Å². The zero-order chi connectivity index (χ0) is 24.5. The monoisotopic (exact) mass is 479 g/mol. The molecule has 175 valence electrons. The van der Waals surface area contributed by atoms with Gasteiger partial charge in [0.15, 0.2) is 0 Å². The van der Waals surface area contributed by atoms with E-state index in [2.05, 4.69) is 40.4 Å². The lowest BCUT2D eigenvalue weighted by molar-refractivity contribution is 0.420. The maximum atomic E-state index is 13.4. The molecule has 2 atom stereocenters. The largest absolute Gasteiger partial charge is 0.308 e. The van der Waals surface area contributed by atoms with Crippen LogP contribution in [-0.2, 0) is 16.4 Å². The van der Waals surface area contributed by atoms with Gasteiger partial charge >= 0.3 is 0 Å². The van der Waals surface area contributed by atoms with Gasteiger partial charge in [0.1, 0.15) is 0 Å². The number of benzene rings is 3. The molecule has 0 bridgehead atoms. The molecule has 2 N–H and O–H groups in total. The Balaban J connectivity index is 1.61. The van der Waals surface area contributed by atoms with Crippen molar-refractivity contribution in [3.63, 3.8) is 0 Å². The summed E-state index contributed by atoms with van der Waals surface area (Å²) in [5, 5.41) is 3.61. The van der Waals surface area contributed by atoms with Gasteiger partial charge in [-0.1, -0.05) is 90.5 Å². The molecular formula is C30H27N2O2S. The average Bonchev–Trinajstić information content (AvgIpc) is 2.89. The molecule has 0 aliphatic heterocycles. The van der Waals surface area contributed by atoms with Crippen LogP contribution in [-0.4, -0.2) is 15.0 Å². The van der Waals surface area contributed by atoms with Gasteiger partial charge in [-0.15, -0.1) is 0 Å². The highest BCUT2D eigenvalue weighted by Gasteiger charge is 2.29. The number of aryl methyl sites for hydroxylation is 2. The fourth-order valence-electron chi connectivity index (χ4n) is 3.95. The van der Waals surface area contributed by atoms with Crippen LogP contribution >= 0.6 is 0 Å². The summed E-state index contributed by atoms with van der Waals surface area (Å²) in [5.74, 6) is 0. The number of sulfonamides is 1. The molecule has 0 aromatic heterocycles. The van der Waals surface area contributed by atoms with E-state index in [9.17, 15) is 8.42 Å². The molecule has 4 aromatic rings. The van der Waals surface area contributed by atoms with E-state index in [-0.39, 0.29) is 10.9 Å². The van der Waals surface area contributed by atoms with Crippen LogP contribution in [0.5, 0.6) is 0 Å². The van der Waals surface area contributed by atoms with E-state index < -0.39 is 16.1 Å². The minimum Gasteiger partial charge on any atom is -0.308 e. The lowest BCUT2D eigenvalue weighted by Gasteiger charge is -2.30. The fraction of sp³-hybridized carbons (Fsp3) is 0.200. The van der Waals surface area contributed by atoms with Crippen molar-refractivity contribution in [2.45, 2.75) is 36.7 Å². The lowest BCUT2D eigenvalue weighted by Crippen LogP contribution is -2.39. The van der Waals surface area contributed by atoms with Crippen molar-refractivity contribution in [3.8, 4) is 0 Å². The summed E-state index contributed by atoms with van der Waals surface area (Å²) >= 11 is 0. The van der Waals surface area contributed by atoms with Crippen molar-refractivity contribution in [1.82, 2.24) is 10.0 Å². The first kappa shape index (κ1) is 24.5. The van der Waals surface area contributed by atoms with E-state index in [4.69, 9.17) is 0 Å². The van der Waals surface area contributed by atoms with Gasteiger partial charge < -0.3 is 5.32 Å².